The smallest absolute Gasteiger partial charge is 0.237 e. The number of carbonyl (C=O) groups excluding carboxylic acids is 1. The lowest BCUT2D eigenvalue weighted by Crippen LogP contribution is -2.33. The molecule has 1 aromatic rings. The molecule has 0 aliphatic heterocycles. The molecule has 0 spiro atoms. The zero-order valence-corrected chi connectivity index (χ0v) is 11.2. The maximum atomic E-state index is 11.8. The summed E-state index contributed by atoms with van der Waals surface area (Å²) in [5.74, 6) is -0.384. The second-order valence-electron chi connectivity index (χ2n) is 5.01. The van der Waals surface area contributed by atoms with Gasteiger partial charge in [0, 0.05) is 6.54 Å². The van der Waals surface area contributed by atoms with Gasteiger partial charge in [-0.2, -0.15) is 5.26 Å². The van der Waals surface area contributed by atoms with Gasteiger partial charge in [0.2, 0.25) is 5.91 Å². The minimum Gasteiger partial charge on any atom is -0.355 e. The van der Waals surface area contributed by atoms with Gasteiger partial charge in [-0.05, 0) is 24.8 Å². The predicted octanol–water partition coefficient (Wildman–Crippen LogP) is 2.45. The van der Waals surface area contributed by atoms with E-state index in [4.69, 9.17) is 5.26 Å². The number of hydrogen-bond acceptors (Lipinski definition) is 2. The molecule has 0 aliphatic rings. The van der Waals surface area contributed by atoms with E-state index < -0.39 is 5.92 Å². The van der Waals surface area contributed by atoms with Gasteiger partial charge in [-0.1, -0.05) is 43.7 Å². The topological polar surface area (TPSA) is 52.9 Å². The molecule has 0 saturated heterocycles. The summed E-state index contributed by atoms with van der Waals surface area (Å²) in [4.78, 5) is 11.8. The molecule has 1 N–H and O–H groups in total. The summed E-state index contributed by atoms with van der Waals surface area (Å²) in [6.07, 6.45) is 0.474. The lowest BCUT2D eigenvalue weighted by Gasteiger charge is -2.12. The molecule has 0 aromatic heterocycles. The standard InChI is InChI=1S/C15H20N2O/c1-11(2)10-17-15(18)14(9-16)8-13-6-4-5-12(3)7-13/h4-7,11,14H,8,10H2,1-3H3,(H,17,18). The van der Waals surface area contributed by atoms with E-state index in [-0.39, 0.29) is 5.91 Å². The molecule has 0 aliphatic carbocycles. The quantitative estimate of drug-likeness (QED) is 0.865. The molecule has 3 nitrogen and oxygen atoms in total. The van der Waals surface area contributed by atoms with Crippen LogP contribution >= 0.6 is 0 Å². The molecule has 0 fully saturated rings. The average Bonchev–Trinajstić information content (AvgIpc) is 2.33. The molecule has 1 rings (SSSR count). The van der Waals surface area contributed by atoms with Crippen LogP contribution in [-0.4, -0.2) is 12.5 Å². The van der Waals surface area contributed by atoms with Gasteiger partial charge in [-0.25, -0.2) is 0 Å². The van der Waals surface area contributed by atoms with Crippen LogP contribution in [0.1, 0.15) is 25.0 Å². The van der Waals surface area contributed by atoms with Crippen molar-refractivity contribution >= 4 is 5.91 Å². The number of rotatable bonds is 5. The molecule has 1 amide bonds. The van der Waals surface area contributed by atoms with E-state index in [9.17, 15) is 4.79 Å². The van der Waals surface area contributed by atoms with Gasteiger partial charge in [-0.3, -0.25) is 4.79 Å². The highest BCUT2D eigenvalue weighted by Crippen LogP contribution is 2.10. The fourth-order valence-electron chi connectivity index (χ4n) is 1.70. The summed E-state index contributed by atoms with van der Waals surface area (Å²) in [6.45, 7) is 6.68. The Labute approximate surface area is 109 Å². The summed E-state index contributed by atoms with van der Waals surface area (Å²) in [5.41, 5.74) is 2.17. The number of nitriles is 1. The Balaban J connectivity index is 2.62. The number of amides is 1. The van der Waals surface area contributed by atoms with Crippen LogP contribution in [0, 0.1) is 30.1 Å². The highest BCUT2D eigenvalue weighted by Gasteiger charge is 2.18. The Morgan fingerprint density at radius 1 is 1.44 bits per heavy atom. The minimum absolute atomic E-state index is 0.173. The number of nitrogens with one attached hydrogen (secondary N) is 1. The number of hydrogen-bond donors (Lipinski definition) is 1. The van der Waals surface area contributed by atoms with Crippen LogP contribution in [-0.2, 0) is 11.2 Å². The number of nitrogens with zero attached hydrogens (tertiary/aromatic N) is 1. The Kier molecular flexibility index (Phi) is 5.38. The molecule has 1 aromatic carbocycles. The summed E-state index contributed by atoms with van der Waals surface area (Å²) in [5, 5.41) is 11.9. The summed E-state index contributed by atoms with van der Waals surface area (Å²) in [6, 6.07) is 10.0. The molecule has 96 valence electrons. The Bertz CT molecular complexity index is 446. The van der Waals surface area contributed by atoms with Gasteiger partial charge >= 0.3 is 0 Å². The Morgan fingerprint density at radius 2 is 2.17 bits per heavy atom. The normalized spacial score (nSPS) is 11.9. The van der Waals surface area contributed by atoms with E-state index in [1.807, 2.05) is 45.0 Å². The Morgan fingerprint density at radius 3 is 2.72 bits per heavy atom. The third-order valence-electron chi connectivity index (χ3n) is 2.68. The minimum atomic E-state index is -0.606. The van der Waals surface area contributed by atoms with Crippen LogP contribution in [0.3, 0.4) is 0 Å². The van der Waals surface area contributed by atoms with E-state index in [2.05, 4.69) is 11.4 Å². The second kappa shape index (κ2) is 6.80. The van der Waals surface area contributed by atoms with Crippen LogP contribution in [0.15, 0.2) is 24.3 Å². The molecule has 3 heteroatoms. The molecule has 0 bridgehead atoms. The highest BCUT2D eigenvalue weighted by molar-refractivity contribution is 5.81. The van der Waals surface area contributed by atoms with E-state index >= 15 is 0 Å². The van der Waals surface area contributed by atoms with Crippen molar-refractivity contribution in [1.29, 1.82) is 5.26 Å². The van der Waals surface area contributed by atoms with Crippen LogP contribution in [0.25, 0.3) is 0 Å². The third-order valence-corrected chi connectivity index (χ3v) is 2.68. The molecular weight excluding hydrogens is 224 g/mol. The lowest BCUT2D eigenvalue weighted by atomic mass is 9.98. The maximum absolute atomic E-state index is 11.8. The summed E-state index contributed by atoms with van der Waals surface area (Å²) >= 11 is 0. The van der Waals surface area contributed by atoms with E-state index in [0.717, 1.165) is 11.1 Å². The maximum Gasteiger partial charge on any atom is 0.237 e. The van der Waals surface area contributed by atoms with Crippen molar-refractivity contribution < 1.29 is 4.79 Å². The zero-order chi connectivity index (χ0) is 13.5. The van der Waals surface area contributed by atoms with Crippen molar-refractivity contribution in [2.75, 3.05) is 6.54 Å². The van der Waals surface area contributed by atoms with Crippen LogP contribution in [0.4, 0.5) is 0 Å². The van der Waals surface area contributed by atoms with Crippen molar-refractivity contribution in [2.24, 2.45) is 11.8 Å². The monoisotopic (exact) mass is 244 g/mol. The first-order chi connectivity index (χ1) is 8.52. The van der Waals surface area contributed by atoms with Gasteiger partial charge in [0.05, 0.1) is 6.07 Å². The molecule has 1 atom stereocenters. The van der Waals surface area contributed by atoms with E-state index in [0.29, 0.717) is 18.9 Å². The van der Waals surface area contributed by atoms with Crippen molar-refractivity contribution in [3.05, 3.63) is 35.4 Å². The van der Waals surface area contributed by atoms with Crippen LogP contribution in [0.2, 0.25) is 0 Å². The van der Waals surface area contributed by atoms with Gasteiger partial charge in [-0.15, -0.1) is 0 Å². The molecule has 0 heterocycles. The third kappa shape index (κ3) is 4.58. The number of aryl methyl sites for hydroxylation is 1. The molecular formula is C15H20N2O. The first-order valence-electron chi connectivity index (χ1n) is 6.25. The van der Waals surface area contributed by atoms with Crippen LogP contribution in [0.5, 0.6) is 0 Å². The van der Waals surface area contributed by atoms with Gasteiger partial charge in [0.25, 0.3) is 0 Å². The van der Waals surface area contributed by atoms with Gasteiger partial charge in [0.1, 0.15) is 5.92 Å². The van der Waals surface area contributed by atoms with Crippen molar-refractivity contribution in [1.82, 2.24) is 5.32 Å². The van der Waals surface area contributed by atoms with Crippen molar-refractivity contribution in [3.63, 3.8) is 0 Å². The molecule has 18 heavy (non-hydrogen) atoms. The SMILES string of the molecule is Cc1cccc(CC(C#N)C(=O)NCC(C)C)c1. The molecule has 0 radical (unpaired) electrons. The van der Waals surface area contributed by atoms with Crippen molar-refractivity contribution in [3.8, 4) is 6.07 Å². The molecule has 1 unspecified atom stereocenters. The van der Waals surface area contributed by atoms with E-state index in [1.165, 1.54) is 0 Å². The van der Waals surface area contributed by atoms with Gasteiger partial charge in [0.15, 0.2) is 0 Å². The first kappa shape index (κ1) is 14.2. The van der Waals surface area contributed by atoms with Gasteiger partial charge < -0.3 is 5.32 Å². The van der Waals surface area contributed by atoms with E-state index in [1.54, 1.807) is 0 Å². The molecule has 0 saturated carbocycles. The largest absolute Gasteiger partial charge is 0.355 e. The summed E-state index contributed by atoms with van der Waals surface area (Å²) in [7, 11) is 0. The zero-order valence-electron chi connectivity index (χ0n) is 11.2. The number of benzene rings is 1. The fourth-order valence-corrected chi connectivity index (χ4v) is 1.70. The second-order valence-corrected chi connectivity index (χ2v) is 5.01. The first-order valence-corrected chi connectivity index (χ1v) is 6.25. The summed E-state index contributed by atoms with van der Waals surface area (Å²) < 4.78 is 0. The van der Waals surface area contributed by atoms with Crippen molar-refractivity contribution in [2.45, 2.75) is 27.2 Å². The average molecular weight is 244 g/mol. The highest BCUT2D eigenvalue weighted by atomic mass is 16.1. The van der Waals surface area contributed by atoms with Crippen LogP contribution < -0.4 is 5.32 Å². The fraction of sp³-hybridized carbons (Fsp3) is 0.467. The Hall–Kier alpha value is -1.82. The number of carbonyl (C=O) groups is 1. The lowest BCUT2D eigenvalue weighted by molar-refractivity contribution is -0.123. The predicted molar refractivity (Wildman–Crippen MR) is 71.8 cm³/mol.